The number of aryl methyl sites for hydroxylation is 1. The second-order valence-corrected chi connectivity index (χ2v) is 12.4. The number of rotatable bonds is 2. The normalized spacial score (nSPS) is 36.9. The Morgan fingerprint density at radius 1 is 0.935 bits per heavy atom. The van der Waals surface area contributed by atoms with Crippen LogP contribution < -0.4 is 11.3 Å². The number of nitrogens with one attached hydrogen (secondary N) is 1. The maximum atomic E-state index is 13.8. The molecule has 25 heteroatoms. The first-order valence-corrected chi connectivity index (χ1v) is 15.6. The Bertz CT molecular complexity index is 1950. The van der Waals surface area contributed by atoms with E-state index in [9.17, 15) is 29.0 Å². The number of hydrogen-bond acceptors (Lipinski definition) is 17. The lowest BCUT2D eigenvalue weighted by atomic mass is 10.1. The van der Waals surface area contributed by atoms with E-state index in [0.717, 1.165) is 0 Å². The van der Waals surface area contributed by atoms with Crippen LogP contribution in [-0.4, -0.2) is 112 Å². The van der Waals surface area contributed by atoms with Crippen molar-refractivity contribution in [1.29, 1.82) is 0 Å². The minimum atomic E-state index is -4.97. The van der Waals surface area contributed by atoms with Crippen molar-refractivity contribution in [1.82, 2.24) is 39.0 Å². The van der Waals surface area contributed by atoms with Gasteiger partial charge in [0.25, 0.3) is 5.56 Å². The molecule has 0 radical (unpaired) electrons. The van der Waals surface area contributed by atoms with E-state index in [1.165, 1.54) is 28.1 Å². The molecule has 3 aliphatic heterocycles. The molecule has 21 nitrogen and oxygen atoms in total. The maximum absolute atomic E-state index is 13.8. The highest BCUT2D eigenvalue weighted by Gasteiger charge is 2.52. The van der Waals surface area contributed by atoms with Gasteiger partial charge in [0.2, 0.25) is 0 Å². The number of nitrogen functional groups attached to an aromatic ring is 1. The number of aliphatic hydroxyl groups excluding tert-OH is 2. The molecule has 4 aromatic heterocycles. The second kappa shape index (κ2) is 12.0. The number of imidazole rings is 2. The number of fused-ring (bicyclic) bond motifs is 5. The molecule has 0 spiro atoms. The summed E-state index contributed by atoms with van der Waals surface area (Å²) in [6.07, 6.45) is -7.34. The third-order valence-corrected chi connectivity index (χ3v) is 9.08. The average Bonchev–Trinajstić information content (AvgIpc) is 3.72. The Balaban J connectivity index is 0.00000372. The molecule has 46 heavy (non-hydrogen) atoms. The maximum Gasteiger partial charge on any atom is 0.472 e. The van der Waals surface area contributed by atoms with Crippen LogP contribution >= 0.6 is 28.8 Å². The molecule has 7 rings (SSSR count). The Kier molecular flexibility index (Phi) is 8.66. The van der Waals surface area contributed by atoms with Gasteiger partial charge in [0.1, 0.15) is 61.8 Å². The van der Waals surface area contributed by atoms with Gasteiger partial charge in [-0.05, 0) is 6.92 Å². The molecule has 4 unspecified atom stereocenters. The number of nitrogens with two attached hydrogens (primary N) is 1. The predicted molar refractivity (Wildman–Crippen MR) is 162 cm³/mol. The highest BCUT2D eigenvalue weighted by Crippen LogP contribution is 2.53. The molecule has 0 saturated carbocycles. The van der Waals surface area contributed by atoms with Gasteiger partial charge in [0.15, 0.2) is 35.1 Å². The van der Waals surface area contributed by atoms with Gasteiger partial charge in [-0.1, -0.05) is 0 Å². The lowest BCUT2D eigenvalue weighted by Gasteiger charge is -2.30. The fourth-order valence-corrected chi connectivity index (χ4v) is 7.02. The van der Waals surface area contributed by atoms with Crippen molar-refractivity contribution in [2.75, 3.05) is 18.9 Å². The van der Waals surface area contributed by atoms with Crippen LogP contribution in [0, 0.1) is 6.92 Å². The molecule has 3 fully saturated rings. The van der Waals surface area contributed by atoms with Gasteiger partial charge in [-0.25, -0.2) is 29.5 Å². The first-order chi connectivity index (χ1) is 21.3. The zero-order valence-corrected chi connectivity index (χ0v) is 25.7. The van der Waals surface area contributed by atoms with Gasteiger partial charge >= 0.3 is 7.82 Å². The number of anilines is 1. The topological polar surface area (TPSA) is 283 Å². The van der Waals surface area contributed by atoms with E-state index in [4.69, 9.17) is 33.3 Å². The molecule has 250 valence electrons. The minimum Gasteiger partial charge on any atom is -0.387 e. The molecule has 2 bridgehead atoms. The van der Waals surface area contributed by atoms with Crippen molar-refractivity contribution < 1.29 is 51.8 Å². The number of H-pyrrole nitrogens is 1. The monoisotopic (exact) mass is 704 g/mol. The van der Waals surface area contributed by atoms with E-state index >= 15 is 0 Å². The Hall–Kier alpha value is -2.79. The minimum absolute atomic E-state index is 0. The quantitative estimate of drug-likeness (QED) is 0.110. The van der Waals surface area contributed by atoms with E-state index in [2.05, 4.69) is 29.9 Å². The number of aromatic amines is 1. The Morgan fingerprint density at radius 3 is 2.37 bits per heavy atom. The number of phosphoric acid groups is 1. The molecular weight excluding hydrogens is 675 g/mol. The largest absolute Gasteiger partial charge is 0.472 e. The van der Waals surface area contributed by atoms with Crippen LogP contribution in [0.2, 0.25) is 0 Å². The van der Waals surface area contributed by atoms with Crippen molar-refractivity contribution >= 4 is 64.5 Å². The van der Waals surface area contributed by atoms with Crippen molar-refractivity contribution in [2.45, 2.75) is 56.0 Å². The van der Waals surface area contributed by atoms with Crippen molar-refractivity contribution in [3.8, 4) is 0 Å². The molecule has 10 atom stereocenters. The number of aliphatic hydroxyl groups is 2. The predicted octanol–water partition coefficient (Wildman–Crippen LogP) is -2.13. The summed E-state index contributed by atoms with van der Waals surface area (Å²) in [5.41, 5.74) is 5.88. The van der Waals surface area contributed by atoms with E-state index < -0.39 is 90.7 Å². The van der Waals surface area contributed by atoms with E-state index in [1.54, 1.807) is 6.92 Å². The summed E-state index contributed by atoms with van der Waals surface area (Å²) in [7, 11) is -10.1. The van der Waals surface area contributed by atoms with Gasteiger partial charge in [-0.2, -0.15) is 13.5 Å². The van der Waals surface area contributed by atoms with Crippen LogP contribution in [0.3, 0.4) is 0 Å². The summed E-state index contributed by atoms with van der Waals surface area (Å²) in [5, 5.41) is 22.4. The van der Waals surface area contributed by atoms with Crippen molar-refractivity contribution in [2.24, 2.45) is 0 Å². The highest BCUT2D eigenvalue weighted by atomic mass is 32.1. The lowest BCUT2D eigenvalue weighted by molar-refractivity contribution is -0.0621. The molecule has 7 heterocycles. The smallest absolute Gasteiger partial charge is 0.387 e. The fourth-order valence-electron chi connectivity index (χ4n) is 5.30. The molecule has 3 saturated heterocycles. The summed E-state index contributed by atoms with van der Waals surface area (Å²) in [6.45, 7) is 0.365. The SMILES string of the molecule is S.[BH3-]P1(=O)OC[C@H]2O[C@@H](n3cnc4c(N)ncnc43)[C@@H](O)C2OP(=O)(O)OC[C@H]2O[C@@H](n3cnc4c(=O)[nH]c(C)nc43)[C@@H](O1)C2O. The van der Waals surface area contributed by atoms with E-state index in [1.807, 2.05) is 0 Å². The fraction of sp³-hybridized carbons (Fsp3) is 0.524. The van der Waals surface area contributed by atoms with Crippen molar-refractivity contribution in [3.05, 3.63) is 35.2 Å². The zero-order valence-electron chi connectivity index (χ0n) is 22.9. The standard InChI is InChI=1S/C21H27BN9O12P2.H2S/c1-7-28-18-11(19(34)29-7)27-6-31(18)21-15-12(32)8(40-21)2-39-45(36,37)43-14-9(3-38-44(22,35)42-15)41-20(13(14)33)30-5-26-10-16(23)24-4-25-17(10)30;/h4-6,8-9,12-15,20-21,32-33H,2-3H2,1,22H3,(H,36,37)(H2,23,24,25)(H,28,29,34);1H2/q-1;/t8-,9-,12?,13+,14?,15+,20-,21-,44?;/m1./s1. The van der Waals surface area contributed by atoms with Crippen LogP contribution in [0.5, 0.6) is 0 Å². The highest BCUT2D eigenvalue weighted by molar-refractivity contribution is 7.79. The van der Waals surface area contributed by atoms with Crippen LogP contribution in [0.4, 0.5) is 5.82 Å². The van der Waals surface area contributed by atoms with Gasteiger partial charge in [0, 0.05) is 0 Å². The van der Waals surface area contributed by atoms with Gasteiger partial charge in [-0.15, -0.1) is 0 Å². The summed E-state index contributed by atoms with van der Waals surface area (Å²) in [6, 6.07) is 0. The lowest BCUT2D eigenvalue weighted by Crippen LogP contribution is -2.36. The van der Waals surface area contributed by atoms with Gasteiger partial charge in [-0.3, -0.25) is 23.0 Å². The number of nitrogens with zero attached hydrogens (tertiary/aromatic N) is 7. The van der Waals surface area contributed by atoms with Crippen LogP contribution in [0.25, 0.3) is 22.3 Å². The Labute approximate surface area is 265 Å². The van der Waals surface area contributed by atoms with Crippen molar-refractivity contribution in [3.63, 3.8) is 0 Å². The molecule has 0 aromatic carbocycles. The number of aromatic nitrogens is 8. The zero-order chi connectivity index (χ0) is 31.8. The first-order valence-electron chi connectivity index (χ1n) is 13.0. The number of hydrogen-bond donors (Lipinski definition) is 5. The molecule has 0 amide bonds. The number of ether oxygens (including phenoxy) is 2. The molecular formula is C21H29BN9O12P2S-. The molecule has 6 N–H and O–H groups in total. The van der Waals surface area contributed by atoms with E-state index in [0.29, 0.717) is 0 Å². The average molecular weight is 704 g/mol. The first kappa shape index (κ1) is 33.1. The van der Waals surface area contributed by atoms with Gasteiger partial charge < -0.3 is 48.9 Å². The Morgan fingerprint density at radius 2 is 1.61 bits per heavy atom. The molecule has 0 aliphatic carbocycles. The third-order valence-electron chi connectivity index (χ3n) is 7.32. The number of phosphoric ester groups is 1. The summed E-state index contributed by atoms with van der Waals surface area (Å²) in [4.78, 5) is 46.2. The van der Waals surface area contributed by atoms with Gasteiger partial charge in [0.05, 0.1) is 33.4 Å². The third kappa shape index (κ3) is 5.80. The van der Waals surface area contributed by atoms with Crippen LogP contribution in [-0.2, 0) is 36.7 Å². The van der Waals surface area contributed by atoms with E-state index in [-0.39, 0.29) is 47.5 Å². The molecule has 4 aromatic rings. The van der Waals surface area contributed by atoms with Crippen LogP contribution in [0.1, 0.15) is 18.3 Å². The van der Waals surface area contributed by atoms with Crippen LogP contribution in [0.15, 0.2) is 23.8 Å². The second-order valence-electron chi connectivity index (χ2n) is 10.1. The summed E-state index contributed by atoms with van der Waals surface area (Å²) >= 11 is 0. The summed E-state index contributed by atoms with van der Waals surface area (Å²) in [5.74, 6) is 0.359. The summed E-state index contributed by atoms with van der Waals surface area (Å²) < 4.78 is 63.7. The molecule has 3 aliphatic rings.